The van der Waals surface area contributed by atoms with Crippen molar-refractivity contribution in [1.29, 1.82) is 0 Å². The van der Waals surface area contributed by atoms with E-state index < -0.39 is 0 Å². The normalized spacial score (nSPS) is 26.3. The van der Waals surface area contributed by atoms with Crippen LogP contribution in [0.2, 0.25) is 0 Å². The largest absolute Gasteiger partial charge is 0.376 e. The van der Waals surface area contributed by atoms with E-state index in [-0.39, 0.29) is 30.5 Å². The minimum absolute atomic E-state index is 0. The van der Waals surface area contributed by atoms with Crippen LogP contribution in [0.4, 0.5) is 0 Å². The van der Waals surface area contributed by atoms with Crippen LogP contribution in [-0.2, 0) is 16.0 Å². The summed E-state index contributed by atoms with van der Waals surface area (Å²) in [7, 11) is 0. The number of carbonyl (C=O) groups excluding carboxylic acids is 1. The molecule has 2 fully saturated rings. The van der Waals surface area contributed by atoms with E-state index in [1.54, 1.807) is 0 Å². The summed E-state index contributed by atoms with van der Waals surface area (Å²) in [5.41, 5.74) is 7.38. The van der Waals surface area contributed by atoms with Crippen LogP contribution in [0.25, 0.3) is 0 Å². The molecule has 2 aliphatic rings. The number of rotatable bonds is 6. The Balaban J connectivity index is 0.00000225. The zero-order valence-corrected chi connectivity index (χ0v) is 15.8. The van der Waals surface area contributed by atoms with Crippen molar-refractivity contribution in [3.8, 4) is 0 Å². The number of hydrogen-bond acceptors (Lipinski definition) is 3. The maximum atomic E-state index is 12.6. The topological polar surface area (TPSA) is 55.6 Å². The van der Waals surface area contributed by atoms with Crippen molar-refractivity contribution in [3.63, 3.8) is 0 Å². The summed E-state index contributed by atoms with van der Waals surface area (Å²) in [6, 6.07) is 10.7. The van der Waals surface area contributed by atoms with Crippen molar-refractivity contribution in [2.24, 2.45) is 11.7 Å². The van der Waals surface area contributed by atoms with Crippen molar-refractivity contribution >= 4 is 18.3 Å². The first kappa shape index (κ1) is 20.2. The monoisotopic (exact) mass is 366 g/mol. The van der Waals surface area contributed by atoms with E-state index in [9.17, 15) is 4.79 Å². The number of nitrogens with zero attached hydrogens (tertiary/aromatic N) is 1. The third-order valence-electron chi connectivity index (χ3n) is 5.33. The maximum absolute atomic E-state index is 12.6. The lowest BCUT2D eigenvalue weighted by molar-refractivity contribution is -0.136. The second kappa shape index (κ2) is 10.1. The van der Waals surface area contributed by atoms with Gasteiger partial charge in [0.05, 0.1) is 6.10 Å². The molecule has 2 N–H and O–H groups in total. The minimum Gasteiger partial charge on any atom is -0.376 e. The highest BCUT2D eigenvalue weighted by molar-refractivity contribution is 5.85. The fourth-order valence-corrected chi connectivity index (χ4v) is 3.95. The van der Waals surface area contributed by atoms with Crippen LogP contribution < -0.4 is 5.73 Å². The minimum atomic E-state index is 0. The fourth-order valence-electron chi connectivity index (χ4n) is 3.95. The number of benzene rings is 1. The van der Waals surface area contributed by atoms with E-state index in [2.05, 4.69) is 24.3 Å². The average Bonchev–Trinajstić information content (AvgIpc) is 3.08. The second-order valence-corrected chi connectivity index (χ2v) is 7.28. The lowest BCUT2D eigenvalue weighted by Crippen LogP contribution is -2.40. The number of ether oxygens (including phenoxy) is 1. The molecule has 1 saturated heterocycles. The Kier molecular flexibility index (Phi) is 8.20. The SMILES string of the molecule is Cl.NC1CCCC(C(=O)N2CCC(OCCCc3ccccc3)C2)C1. The van der Waals surface area contributed by atoms with Crippen LogP contribution >= 0.6 is 12.4 Å². The van der Waals surface area contributed by atoms with Crippen LogP contribution in [0.5, 0.6) is 0 Å². The Morgan fingerprint density at radius 1 is 1.20 bits per heavy atom. The molecule has 0 bridgehead atoms. The molecule has 1 amide bonds. The first-order chi connectivity index (χ1) is 11.7. The molecule has 140 valence electrons. The lowest BCUT2D eigenvalue weighted by Gasteiger charge is -2.29. The number of halogens is 1. The summed E-state index contributed by atoms with van der Waals surface area (Å²) < 4.78 is 5.99. The predicted octanol–water partition coefficient (Wildman–Crippen LogP) is 3.18. The molecule has 5 heteroatoms. The maximum Gasteiger partial charge on any atom is 0.225 e. The molecular formula is C20H31ClN2O2. The summed E-state index contributed by atoms with van der Waals surface area (Å²) in [5, 5.41) is 0. The molecular weight excluding hydrogens is 336 g/mol. The Bertz CT molecular complexity index is 526. The number of carbonyl (C=O) groups is 1. The van der Waals surface area contributed by atoms with Gasteiger partial charge in [0, 0.05) is 31.7 Å². The van der Waals surface area contributed by atoms with Gasteiger partial charge in [0.2, 0.25) is 5.91 Å². The summed E-state index contributed by atoms with van der Waals surface area (Å²) in [5.74, 6) is 0.450. The summed E-state index contributed by atoms with van der Waals surface area (Å²) in [6.07, 6.45) is 7.28. The molecule has 1 aliphatic heterocycles. The van der Waals surface area contributed by atoms with E-state index in [4.69, 9.17) is 10.5 Å². The van der Waals surface area contributed by atoms with Crippen molar-refractivity contribution in [3.05, 3.63) is 35.9 Å². The van der Waals surface area contributed by atoms with Crippen LogP contribution in [0, 0.1) is 5.92 Å². The molecule has 25 heavy (non-hydrogen) atoms. The zero-order valence-electron chi connectivity index (χ0n) is 14.9. The first-order valence-electron chi connectivity index (χ1n) is 9.42. The first-order valence-corrected chi connectivity index (χ1v) is 9.42. The standard InChI is InChI=1S/C20H30N2O2.ClH/c21-18-10-4-9-17(14-18)20(23)22-12-11-19(15-22)24-13-5-8-16-6-2-1-3-7-16;/h1-3,6-7,17-19H,4-5,8-15,21H2;1H. The molecule has 0 spiro atoms. The summed E-state index contributed by atoms with van der Waals surface area (Å²) in [6.45, 7) is 2.37. The highest BCUT2D eigenvalue weighted by atomic mass is 35.5. The summed E-state index contributed by atoms with van der Waals surface area (Å²) in [4.78, 5) is 14.6. The Morgan fingerprint density at radius 2 is 2.00 bits per heavy atom. The van der Waals surface area contributed by atoms with E-state index in [1.165, 1.54) is 5.56 Å². The Morgan fingerprint density at radius 3 is 2.76 bits per heavy atom. The summed E-state index contributed by atoms with van der Waals surface area (Å²) >= 11 is 0. The number of amides is 1. The lowest BCUT2D eigenvalue weighted by atomic mass is 9.85. The van der Waals surface area contributed by atoms with Gasteiger partial charge in [-0.15, -0.1) is 12.4 Å². The van der Waals surface area contributed by atoms with Crippen molar-refractivity contribution in [2.45, 2.75) is 57.1 Å². The van der Waals surface area contributed by atoms with Crippen LogP contribution in [0.1, 0.15) is 44.1 Å². The molecule has 1 aromatic rings. The van der Waals surface area contributed by atoms with Crippen LogP contribution in [0.15, 0.2) is 30.3 Å². The van der Waals surface area contributed by atoms with Crippen LogP contribution in [0.3, 0.4) is 0 Å². The van der Waals surface area contributed by atoms with Crippen molar-refractivity contribution in [2.75, 3.05) is 19.7 Å². The molecule has 3 unspecified atom stereocenters. The van der Waals surface area contributed by atoms with Gasteiger partial charge in [-0.05, 0) is 44.1 Å². The molecule has 1 saturated carbocycles. The molecule has 1 aromatic carbocycles. The van der Waals surface area contributed by atoms with Crippen molar-refractivity contribution < 1.29 is 9.53 Å². The van der Waals surface area contributed by atoms with Gasteiger partial charge in [-0.2, -0.15) is 0 Å². The van der Waals surface area contributed by atoms with E-state index in [1.807, 2.05) is 11.0 Å². The predicted molar refractivity (Wildman–Crippen MR) is 103 cm³/mol. The number of likely N-dealkylation sites (tertiary alicyclic amines) is 1. The number of aryl methyl sites for hydroxylation is 1. The molecule has 0 aromatic heterocycles. The molecule has 1 aliphatic carbocycles. The third kappa shape index (κ3) is 5.98. The van der Waals surface area contributed by atoms with Gasteiger partial charge in [0.15, 0.2) is 0 Å². The molecule has 0 radical (unpaired) electrons. The third-order valence-corrected chi connectivity index (χ3v) is 5.33. The van der Waals surface area contributed by atoms with Gasteiger partial charge < -0.3 is 15.4 Å². The quantitative estimate of drug-likeness (QED) is 0.787. The van der Waals surface area contributed by atoms with E-state index >= 15 is 0 Å². The highest BCUT2D eigenvalue weighted by Crippen LogP contribution is 2.26. The molecule has 4 nitrogen and oxygen atoms in total. The van der Waals surface area contributed by atoms with Gasteiger partial charge in [0.25, 0.3) is 0 Å². The van der Waals surface area contributed by atoms with Gasteiger partial charge in [-0.1, -0.05) is 36.8 Å². The number of nitrogens with two attached hydrogens (primary N) is 1. The van der Waals surface area contributed by atoms with Gasteiger partial charge in [0.1, 0.15) is 0 Å². The Labute approximate surface area is 157 Å². The van der Waals surface area contributed by atoms with Crippen molar-refractivity contribution in [1.82, 2.24) is 4.90 Å². The Hall–Kier alpha value is -1.10. The second-order valence-electron chi connectivity index (χ2n) is 7.28. The van der Waals surface area contributed by atoms with Gasteiger partial charge in [-0.25, -0.2) is 0 Å². The average molecular weight is 367 g/mol. The molecule has 3 rings (SSSR count). The van der Waals surface area contributed by atoms with E-state index in [0.29, 0.717) is 5.91 Å². The zero-order chi connectivity index (χ0) is 16.8. The smallest absolute Gasteiger partial charge is 0.225 e. The molecule has 3 atom stereocenters. The van der Waals surface area contributed by atoms with E-state index in [0.717, 1.165) is 64.6 Å². The number of hydrogen-bond donors (Lipinski definition) is 1. The van der Waals surface area contributed by atoms with Gasteiger partial charge in [-0.3, -0.25) is 4.79 Å². The van der Waals surface area contributed by atoms with Crippen LogP contribution in [-0.4, -0.2) is 42.6 Å². The highest BCUT2D eigenvalue weighted by Gasteiger charge is 2.33. The fraction of sp³-hybridized carbons (Fsp3) is 0.650. The molecule has 1 heterocycles. The van der Waals surface area contributed by atoms with Gasteiger partial charge >= 0.3 is 0 Å².